The minimum atomic E-state index is -4.55. The second-order valence-corrected chi connectivity index (χ2v) is 10.1. The lowest BCUT2D eigenvalue weighted by molar-refractivity contribution is -0.137. The predicted octanol–water partition coefficient (Wildman–Crippen LogP) is 7.36. The van der Waals surface area contributed by atoms with E-state index < -0.39 is 17.6 Å². The van der Waals surface area contributed by atoms with Crippen molar-refractivity contribution in [3.63, 3.8) is 0 Å². The first kappa shape index (κ1) is 27.8. The molecule has 208 valence electrons. The van der Waals surface area contributed by atoms with E-state index in [0.717, 1.165) is 53.6 Å². The smallest absolute Gasteiger partial charge is 0.322 e. The summed E-state index contributed by atoms with van der Waals surface area (Å²) in [6, 6.07) is 23.3. The average Bonchev–Trinajstić information content (AvgIpc) is 2.96. The van der Waals surface area contributed by atoms with Gasteiger partial charge < -0.3 is 9.88 Å². The van der Waals surface area contributed by atoms with Crippen molar-refractivity contribution in [3.05, 3.63) is 129 Å². The molecule has 0 atom stereocenters. The van der Waals surface area contributed by atoms with Crippen molar-refractivity contribution < 1.29 is 18.0 Å². The van der Waals surface area contributed by atoms with E-state index in [1.165, 1.54) is 17.7 Å². The van der Waals surface area contributed by atoms with Crippen LogP contribution in [0.3, 0.4) is 0 Å². The van der Waals surface area contributed by atoms with Crippen LogP contribution in [0.15, 0.2) is 95.9 Å². The van der Waals surface area contributed by atoms with Gasteiger partial charge in [0.1, 0.15) is 0 Å². The lowest BCUT2D eigenvalue weighted by Gasteiger charge is -2.14. The maximum atomic E-state index is 13.5. The Labute approximate surface area is 235 Å². The molecular formula is C33H28F3N3O2. The Hall–Kier alpha value is -4.72. The molecule has 5 nitrogen and oxygen atoms in total. The monoisotopic (exact) mass is 555 g/mol. The van der Waals surface area contributed by atoms with E-state index in [1.54, 1.807) is 42.1 Å². The molecule has 5 rings (SSSR count). The molecule has 0 aliphatic rings. The van der Waals surface area contributed by atoms with Crippen LogP contribution in [0.25, 0.3) is 22.0 Å². The molecule has 5 aromatic rings. The van der Waals surface area contributed by atoms with E-state index in [9.17, 15) is 22.8 Å². The van der Waals surface area contributed by atoms with Crippen LogP contribution in [0.2, 0.25) is 0 Å². The van der Waals surface area contributed by atoms with Crippen molar-refractivity contribution in [1.29, 1.82) is 0 Å². The maximum absolute atomic E-state index is 13.5. The SMILES string of the molecule is Cc1ccc(NC(=O)c2cccc(C(F)(F)F)c2)cc1-c1cc2cnc(CCCc3ccccc3)cc2n(C)c1=O. The van der Waals surface area contributed by atoms with Gasteiger partial charge in [-0.15, -0.1) is 0 Å². The third-order valence-electron chi connectivity index (χ3n) is 7.14. The number of pyridine rings is 2. The van der Waals surface area contributed by atoms with Crippen molar-refractivity contribution in [1.82, 2.24) is 9.55 Å². The number of hydrogen-bond acceptors (Lipinski definition) is 3. The summed E-state index contributed by atoms with van der Waals surface area (Å²) in [6.07, 6.45) is -0.120. The highest BCUT2D eigenvalue weighted by Gasteiger charge is 2.31. The van der Waals surface area contributed by atoms with E-state index in [-0.39, 0.29) is 11.1 Å². The maximum Gasteiger partial charge on any atom is 0.416 e. The Morgan fingerprint density at radius 2 is 1.68 bits per heavy atom. The van der Waals surface area contributed by atoms with Gasteiger partial charge >= 0.3 is 6.18 Å². The quantitative estimate of drug-likeness (QED) is 0.228. The van der Waals surface area contributed by atoms with Crippen molar-refractivity contribution in [2.75, 3.05) is 5.32 Å². The Morgan fingerprint density at radius 1 is 0.902 bits per heavy atom. The highest BCUT2D eigenvalue weighted by Crippen LogP contribution is 2.30. The molecule has 2 aromatic heterocycles. The van der Waals surface area contributed by atoms with E-state index in [4.69, 9.17) is 0 Å². The highest BCUT2D eigenvalue weighted by atomic mass is 19.4. The number of carbonyl (C=O) groups is 1. The fourth-order valence-corrected chi connectivity index (χ4v) is 4.88. The molecule has 0 bridgehead atoms. The number of fused-ring (bicyclic) bond motifs is 1. The molecule has 8 heteroatoms. The molecule has 0 saturated carbocycles. The summed E-state index contributed by atoms with van der Waals surface area (Å²) in [4.78, 5) is 30.9. The van der Waals surface area contributed by atoms with Gasteiger partial charge in [0, 0.05) is 41.1 Å². The van der Waals surface area contributed by atoms with Crippen molar-refractivity contribution >= 4 is 22.5 Å². The summed E-state index contributed by atoms with van der Waals surface area (Å²) >= 11 is 0. The molecule has 2 heterocycles. The summed E-state index contributed by atoms with van der Waals surface area (Å²) in [5.74, 6) is -0.679. The Kier molecular flexibility index (Phi) is 7.75. The molecule has 3 aromatic carbocycles. The zero-order valence-electron chi connectivity index (χ0n) is 22.6. The first-order chi connectivity index (χ1) is 19.6. The second-order valence-electron chi connectivity index (χ2n) is 10.1. The molecule has 0 aliphatic heterocycles. The van der Waals surface area contributed by atoms with Gasteiger partial charge in [-0.2, -0.15) is 13.2 Å². The van der Waals surface area contributed by atoms with Gasteiger partial charge in [-0.05, 0) is 85.3 Å². The van der Waals surface area contributed by atoms with Gasteiger partial charge in [0.2, 0.25) is 0 Å². The standard InChI is InChI=1S/C33H28F3N3O2/c1-21-14-15-27(38-31(40)23-11-7-12-25(16-23)33(34,35)36)18-28(21)29-17-24-20-37-26(19-30(24)39(2)32(29)41)13-6-10-22-8-4-3-5-9-22/h3-5,7-9,11-12,14-20H,6,10,13H2,1-2H3,(H,38,40). The molecule has 41 heavy (non-hydrogen) atoms. The molecule has 1 N–H and O–H groups in total. The number of aromatic nitrogens is 2. The predicted molar refractivity (Wildman–Crippen MR) is 155 cm³/mol. The van der Waals surface area contributed by atoms with Crippen LogP contribution in [0.4, 0.5) is 18.9 Å². The third-order valence-corrected chi connectivity index (χ3v) is 7.14. The number of anilines is 1. The lowest BCUT2D eigenvalue weighted by atomic mass is 9.99. The van der Waals surface area contributed by atoms with Crippen LogP contribution in [-0.2, 0) is 26.1 Å². The van der Waals surface area contributed by atoms with Crippen LogP contribution < -0.4 is 10.9 Å². The zero-order chi connectivity index (χ0) is 29.1. The molecular weight excluding hydrogens is 527 g/mol. The summed E-state index contributed by atoms with van der Waals surface area (Å²) in [7, 11) is 1.72. The van der Waals surface area contributed by atoms with Gasteiger partial charge in [0.25, 0.3) is 11.5 Å². The number of amides is 1. The van der Waals surface area contributed by atoms with Crippen LogP contribution >= 0.6 is 0 Å². The van der Waals surface area contributed by atoms with Crippen molar-refractivity contribution in [3.8, 4) is 11.1 Å². The molecule has 0 unspecified atom stereocenters. The fourth-order valence-electron chi connectivity index (χ4n) is 4.88. The minimum Gasteiger partial charge on any atom is -0.322 e. The van der Waals surface area contributed by atoms with Gasteiger partial charge in [0.05, 0.1) is 11.1 Å². The van der Waals surface area contributed by atoms with Gasteiger partial charge in [-0.1, -0.05) is 42.5 Å². The first-order valence-electron chi connectivity index (χ1n) is 13.2. The number of aryl methyl sites for hydroxylation is 4. The topological polar surface area (TPSA) is 64.0 Å². The molecule has 0 spiro atoms. The largest absolute Gasteiger partial charge is 0.416 e. The number of halogens is 3. The molecule has 0 fully saturated rings. The normalized spacial score (nSPS) is 11.5. The summed E-state index contributed by atoms with van der Waals surface area (Å²) in [5, 5.41) is 3.45. The van der Waals surface area contributed by atoms with Crippen molar-refractivity contribution in [2.24, 2.45) is 7.05 Å². The number of nitrogens with one attached hydrogen (secondary N) is 1. The van der Waals surface area contributed by atoms with E-state index in [0.29, 0.717) is 16.8 Å². The summed E-state index contributed by atoms with van der Waals surface area (Å²) in [6.45, 7) is 1.85. The summed E-state index contributed by atoms with van der Waals surface area (Å²) < 4.78 is 40.9. The third kappa shape index (κ3) is 6.22. The zero-order valence-corrected chi connectivity index (χ0v) is 22.6. The fraction of sp³-hybridized carbons (Fsp3) is 0.182. The lowest BCUT2D eigenvalue weighted by Crippen LogP contribution is -2.20. The number of alkyl halides is 3. The van der Waals surface area contributed by atoms with Gasteiger partial charge in [-0.3, -0.25) is 14.6 Å². The van der Waals surface area contributed by atoms with Gasteiger partial charge in [0.15, 0.2) is 0 Å². The number of hydrogen-bond donors (Lipinski definition) is 1. The summed E-state index contributed by atoms with van der Waals surface area (Å²) in [5.41, 5.74) is 3.95. The van der Waals surface area contributed by atoms with Crippen molar-refractivity contribution in [2.45, 2.75) is 32.4 Å². The highest BCUT2D eigenvalue weighted by molar-refractivity contribution is 6.04. The van der Waals surface area contributed by atoms with E-state index in [2.05, 4.69) is 22.4 Å². The Bertz CT molecular complexity index is 1790. The van der Waals surface area contributed by atoms with Crippen LogP contribution in [0.1, 0.15) is 39.2 Å². The van der Waals surface area contributed by atoms with E-state index >= 15 is 0 Å². The number of carbonyl (C=O) groups excluding carboxylic acids is 1. The minimum absolute atomic E-state index is 0.116. The number of benzene rings is 3. The Morgan fingerprint density at radius 3 is 2.44 bits per heavy atom. The van der Waals surface area contributed by atoms with E-state index in [1.807, 2.05) is 31.2 Å². The Balaban J connectivity index is 1.40. The molecule has 0 aliphatic carbocycles. The first-order valence-corrected chi connectivity index (χ1v) is 13.2. The molecule has 0 radical (unpaired) electrons. The van der Waals surface area contributed by atoms with Crippen LogP contribution in [0.5, 0.6) is 0 Å². The number of rotatable bonds is 7. The van der Waals surface area contributed by atoms with Crippen LogP contribution in [0, 0.1) is 6.92 Å². The second kappa shape index (κ2) is 11.4. The molecule has 1 amide bonds. The average molecular weight is 556 g/mol. The van der Waals surface area contributed by atoms with Gasteiger partial charge in [-0.25, -0.2) is 0 Å². The van der Waals surface area contributed by atoms with Crippen LogP contribution in [-0.4, -0.2) is 15.5 Å². The molecule has 0 saturated heterocycles. The number of nitrogens with zero attached hydrogens (tertiary/aromatic N) is 2.